The van der Waals surface area contributed by atoms with E-state index in [1.807, 2.05) is 19.0 Å². The minimum absolute atomic E-state index is 0.356. The van der Waals surface area contributed by atoms with E-state index >= 15 is 0 Å². The highest BCUT2D eigenvalue weighted by molar-refractivity contribution is 6.42. The Morgan fingerprint density at radius 2 is 2.06 bits per heavy atom. The van der Waals surface area contributed by atoms with Gasteiger partial charge in [-0.05, 0) is 31.8 Å². The molecule has 0 saturated heterocycles. The molecule has 0 heterocycles. The maximum atomic E-state index is 11.2. The van der Waals surface area contributed by atoms with Crippen LogP contribution in [-0.2, 0) is 4.79 Å². The first-order chi connectivity index (χ1) is 8.41. The Morgan fingerprint density at radius 3 is 2.56 bits per heavy atom. The van der Waals surface area contributed by atoms with E-state index in [-0.39, 0.29) is 0 Å². The molecule has 0 radical (unpaired) electrons. The second-order valence-electron chi connectivity index (χ2n) is 4.20. The summed E-state index contributed by atoms with van der Waals surface area (Å²) in [6.45, 7) is 1.33. The number of halogens is 2. The molecular formula is C12H16Cl2N2O2. The van der Waals surface area contributed by atoms with E-state index in [1.54, 1.807) is 18.2 Å². The quantitative estimate of drug-likeness (QED) is 0.844. The molecule has 0 aromatic heterocycles. The van der Waals surface area contributed by atoms with Gasteiger partial charge in [0.1, 0.15) is 6.04 Å². The van der Waals surface area contributed by atoms with Crippen LogP contribution in [0, 0.1) is 0 Å². The smallest absolute Gasteiger partial charge is 0.325 e. The zero-order valence-electron chi connectivity index (χ0n) is 10.3. The van der Waals surface area contributed by atoms with Crippen LogP contribution < -0.4 is 5.32 Å². The lowest BCUT2D eigenvalue weighted by atomic mass is 10.1. The maximum absolute atomic E-state index is 11.2. The van der Waals surface area contributed by atoms with Gasteiger partial charge in [-0.2, -0.15) is 0 Å². The van der Waals surface area contributed by atoms with Crippen LogP contribution in [0.1, 0.15) is 11.6 Å². The monoisotopic (exact) mass is 290 g/mol. The molecule has 0 aliphatic carbocycles. The number of benzene rings is 1. The molecule has 100 valence electrons. The highest BCUT2D eigenvalue weighted by Crippen LogP contribution is 2.25. The number of rotatable bonds is 6. The highest BCUT2D eigenvalue weighted by Gasteiger charge is 2.19. The summed E-state index contributed by atoms with van der Waals surface area (Å²) in [6, 6.07) is 4.06. The number of carboxylic acids is 1. The molecule has 0 aliphatic rings. The number of likely N-dealkylation sites (N-methyl/N-ethyl adjacent to an activating group) is 1. The lowest BCUT2D eigenvalue weighted by molar-refractivity contribution is -0.139. The zero-order chi connectivity index (χ0) is 13.7. The third-order valence-corrected chi connectivity index (χ3v) is 3.17. The number of nitrogens with one attached hydrogen (secondary N) is 1. The van der Waals surface area contributed by atoms with Gasteiger partial charge in [0.2, 0.25) is 0 Å². The van der Waals surface area contributed by atoms with Crippen LogP contribution in [0.2, 0.25) is 10.0 Å². The van der Waals surface area contributed by atoms with Crippen molar-refractivity contribution in [2.24, 2.45) is 0 Å². The fraction of sp³-hybridized carbons (Fsp3) is 0.417. The van der Waals surface area contributed by atoms with E-state index in [0.29, 0.717) is 22.2 Å². The summed E-state index contributed by atoms with van der Waals surface area (Å²) in [4.78, 5) is 13.2. The molecule has 18 heavy (non-hydrogen) atoms. The minimum Gasteiger partial charge on any atom is -0.480 e. The third-order valence-electron chi connectivity index (χ3n) is 2.43. The van der Waals surface area contributed by atoms with Crippen molar-refractivity contribution < 1.29 is 9.90 Å². The molecule has 0 saturated carbocycles. The van der Waals surface area contributed by atoms with Crippen molar-refractivity contribution in [3.8, 4) is 0 Å². The van der Waals surface area contributed by atoms with Gasteiger partial charge < -0.3 is 10.0 Å². The molecule has 0 fully saturated rings. The number of nitrogens with zero attached hydrogens (tertiary/aromatic N) is 1. The first kappa shape index (κ1) is 15.2. The van der Waals surface area contributed by atoms with Gasteiger partial charge in [-0.15, -0.1) is 0 Å². The van der Waals surface area contributed by atoms with Gasteiger partial charge in [-0.1, -0.05) is 29.3 Å². The van der Waals surface area contributed by atoms with Crippen molar-refractivity contribution in [2.75, 3.05) is 27.2 Å². The third kappa shape index (κ3) is 4.46. The molecule has 0 amide bonds. The Balaban J connectivity index is 2.78. The molecular weight excluding hydrogens is 275 g/mol. The summed E-state index contributed by atoms with van der Waals surface area (Å²) in [7, 11) is 3.85. The van der Waals surface area contributed by atoms with Gasteiger partial charge in [0.05, 0.1) is 10.0 Å². The number of aliphatic carboxylic acids is 1. The van der Waals surface area contributed by atoms with Crippen LogP contribution in [-0.4, -0.2) is 43.2 Å². The normalized spacial score (nSPS) is 12.7. The van der Waals surface area contributed by atoms with E-state index in [9.17, 15) is 9.90 Å². The second kappa shape index (κ2) is 6.95. The molecule has 4 nitrogen and oxygen atoms in total. The van der Waals surface area contributed by atoms with Gasteiger partial charge >= 0.3 is 5.97 Å². The Bertz CT molecular complexity index is 425. The van der Waals surface area contributed by atoms with Crippen LogP contribution in [0.4, 0.5) is 0 Å². The van der Waals surface area contributed by atoms with Crippen LogP contribution in [0.25, 0.3) is 0 Å². The predicted molar refractivity (Wildman–Crippen MR) is 73.4 cm³/mol. The van der Waals surface area contributed by atoms with E-state index in [2.05, 4.69) is 5.32 Å². The van der Waals surface area contributed by atoms with Crippen molar-refractivity contribution in [1.29, 1.82) is 0 Å². The second-order valence-corrected chi connectivity index (χ2v) is 5.02. The van der Waals surface area contributed by atoms with Crippen LogP contribution in [0.3, 0.4) is 0 Å². The van der Waals surface area contributed by atoms with Gasteiger partial charge in [-0.3, -0.25) is 10.1 Å². The first-order valence-corrected chi connectivity index (χ1v) is 6.23. The molecule has 0 aliphatic heterocycles. The molecule has 2 N–H and O–H groups in total. The summed E-state index contributed by atoms with van der Waals surface area (Å²) in [5, 5.41) is 12.9. The molecule has 0 unspecified atom stereocenters. The Hall–Kier alpha value is -0.810. The standard InChI is InChI=1S/C12H16Cl2N2O2/c1-16(2)6-5-15-11(12(17)18)8-3-4-9(13)10(14)7-8/h3-4,7,11,15H,5-6H2,1-2H3,(H,17,18)/t11-/m0/s1. The van der Waals surface area contributed by atoms with Crippen molar-refractivity contribution >= 4 is 29.2 Å². The predicted octanol–water partition coefficient (Wildman–Crippen LogP) is 2.27. The number of hydrogen-bond donors (Lipinski definition) is 2. The van der Waals surface area contributed by atoms with Gasteiger partial charge in [-0.25, -0.2) is 0 Å². The minimum atomic E-state index is -0.938. The largest absolute Gasteiger partial charge is 0.480 e. The molecule has 0 bridgehead atoms. The average Bonchev–Trinajstić information content (AvgIpc) is 2.27. The first-order valence-electron chi connectivity index (χ1n) is 5.47. The number of carboxylic acid groups (broad SMARTS) is 1. The summed E-state index contributed by atoms with van der Waals surface area (Å²) in [6.07, 6.45) is 0. The highest BCUT2D eigenvalue weighted by atomic mass is 35.5. The van der Waals surface area contributed by atoms with Gasteiger partial charge in [0.25, 0.3) is 0 Å². The van der Waals surface area contributed by atoms with E-state index < -0.39 is 12.0 Å². The van der Waals surface area contributed by atoms with Crippen LogP contribution >= 0.6 is 23.2 Å². The maximum Gasteiger partial charge on any atom is 0.325 e. The van der Waals surface area contributed by atoms with E-state index in [0.717, 1.165) is 6.54 Å². The Morgan fingerprint density at radius 1 is 1.39 bits per heavy atom. The molecule has 1 rings (SSSR count). The number of hydrogen-bond acceptors (Lipinski definition) is 3. The van der Waals surface area contributed by atoms with Gasteiger partial charge in [0.15, 0.2) is 0 Å². The summed E-state index contributed by atoms with van der Waals surface area (Å²) >= 11 is 11.7. The Kier molecular flexibility index (Phi) is 5.88. The fourth-order valence-electron chi connectivity index (χ4n) is 1.47. The van der Waals surface area contributed by atoms with Crippen molar-refractivity contribution in [1.82, 2.24) is 10.2 Å². The molecule has 6 heteroatoms. The molecule has 0 spiro atoms. The lowest BCUT2D eigenvalue weighted by Crippen LogP contribution is -2.33. The SMILES string of the molecule is CN(C)CCN[C@H](C(=O)O)c1ccc(Cl)c(Cl)c1. The summed E-state index contributed by atoms with van der Waals surface area (Å²) in [5.74, 6) is -0.938. The summed E-state index contributed by atoms with van der Waals surface area (Å²) in [5.41, 5.74) is 0.593. The fourth-order valence-corrected chi connectivity index (χ4v) is 1.78. The van der Waals surface area contributed by atoms with Crippen LogP contribution in [0.15, 0.2) is 18.2 Å². The van der Waals surface area contributed by atoms with Gasteiger partial charge in [0, 0.05) is 13.1 Å². The Labute approximate surface area is 116 Å². The molecule has 1 aromatic carbocycles. The topological polar surface area (TPSA) is 52.6 Å². The van der Waals surface area contributed by atoms with Crippen molar-refractivity contribution in [2.45, 2.75) is 6.04 Å². The summed E-state index contributed by atoms with van der Waals surface area (Å²) < 4.78 is 0. The lowest BCUT2D eigenvalue weighted by Gasteiger charge is -2.17. The van der Waals surface area contributed by atoms with E-state index in [1.165, 1.54) is 0 Å². The average molecular weight is 291 g/mol. The molecule has 1 atom stereocenters. The van der Waals surface area contributed by atoms with Crippen molar-refractivity contribution in [3.63, 3.8) is 0 Å². The van der Waals surface area contributed by atoms with Crippen LogP contribution in [0.5, 0.6) is 0 Å². The molecule has 1 aromatic rings. The number of carbonyl (C=O) groups is 1. The van der Waals surface area contributed by atoms with E-state index in [4.69, 9.17) is 23.2 Å². The van der Waals surface area contributed by atoms with Crippen molar-refractivity contribution in [3.05, 3.63) is 33.8 Å². The zero-order valence-corrected chi connectivity index (χ0v) is 11.8.